The Bertz CT molecular complexity index is 446. The Kier molecular flexibility index (Phi) is 4.59. The number of halogens is 1. The van der Waals surface area contributed by atoms with Gasteiger partial charge in [0.1, 0.15) is 5.75 Å². The molecule has 5 heteroatoms. The SMILES string of the molecule is COC(=O)C(C)(C)[C@@H](N)c1cc(Cl)ccc1OC. The molecule has 1 rings (SSSR count). The van der Waals surface area contributed by atoms with Crippen molar-refractivity contribution >= 4 is 17.6 Å². The summed E-state index contributed by atoms with van der Waals surface area (Å²) < 4.78 is 10.0. The van der Waals surface area contributed by atoms with Gasteiger partial charge in [-0.25, -0.2) is 0 Å². The maximum Gasteiger partial charge on any atom is 0.313 e. The summed E-state index contributed by atoms with van der Waals surface area (Å²) in [5, 5.41) is 0.543. The molecule has 0 saturated carbocycles. The Morgan fingerprint density at radius 3 is 2.50 bits per heavy atom. The molecule has 1 atom stereocenters. The third kappa shape index (κ3) is 2.76. The summed E-state index contributed by atoms with van der Waals surface area (Å²) in [5.41, 5.74) is 5.97. The molecule has 0 radical (unpaired) electrons. The van der Waals surface area contributed by atoms with Gasteiger partial charge in [0, 0.05) is 16.6 Å². The van der Waals surface area contributed by atoms with Gasteiger partial charge in [-0.05, 0) is 32.0 Å². The van der Waals surface area contributed by atoms with Gasteiger partial charge in [0.15, 0.2) is 0 Å². The lowest BCUT2D eigenvalue weighted by atomic mass is 9.80. The number of hydrogen-bond acceptors (Lipinski definition) is 4. The number of carbonyl (C=O) groups is 1. The zero-order valence-corrected chi connectivity index (χ0v) is 11.7. The number of carbonyl (C=O) groups excluding carboxylic acids is 1. The van der Waals surface area contributed by atoms with Crippen molar-refractivity contribution in [3.05, 3.63) is 28.8 Å². The second-order valence-corrected chi connectivity index (χ2v) is 5.01. The van der Waals surface area contributed by atoms with Gasteiger partial charge in [-0.15, -0.1) is 0 Å². The predicted molar refractivity (Wildman–Crippen MR) is 70.7 cm³/mol. The molecule has 1 aromatic rings. The van der Waals surface area contributed by atoms with E-state index in [1.54, 1.807) is 39.2 Å². The van der Waals surface area contributed by atoms with Gasteiger partial charge in [-0.3, -0.25) is 4.79 Å². The van der Waals surface area contributed by atoms with Crippen LogP contribution in [0.5, 0.6) is 5.75 Å². The molecule has 0 aliphatic heterocycles. The zero-order valence-electron chi connectivity index (χ0n) is 11.0. The molecule has 0 aliphatic rings. The molecule has 4 nitrogen and oxygen atoms in total. The molecule has 0 spiro atoms. The van der Waals surface area contributed by atoms with E-state index >= 15 is 0 Å². The third-order valence-electron chi connectivity index (χ3n) is 3.02. The van der Waals surface area contributed by atoms with E-state index < -0.39 is 11.5 Å². The van der Waals surface area contributed by atoms with Crippen molar-refractivity contribution in [2.45, 2.75) is 19.9 Å². The minimum Gasteiger partial charge on any atom is -0.496 e. The summed E-state index contributed by atoms with van der Waals surface area (Å²) in [7, 11) is 2.89. The first kappa shape index (κ1) is 14.8. The Labute approximate surface area is 112 Å². The molecule has 0 fully saturated rings. The molecular formula is C13H18ClNO3. The Morgan fingerprint density at radius 1 is 1.39 bits per heavy atom. The molecule has 0 unspecified atom stereocenters. The lowest BCUT2D eigenvalue weighted by Crippen LogP contribution is -2.37. The number of hydrogen-bond donors (Lipinski definition) is 1. The highest BCUT2D eigenvalue weighted by molar-refractivity contribution is 6.30. The van der Waals surface area contributed by atoms with Crippen LogP contribution in [0.15, 0.2) is 18.2 Å². The minimum atomic E-state index is -0.868. The molecule has 0 heterocycles. The first-order valence-electron chi connectivity index (χ1n) is 5.52. The Hall–Kier alpha value is -1.26. The smallest absolute Gasteiger partial charge is 0.313 e. The monoisotopic (exact) mass is 271 g/mol. The molecule has 0 bridgehead atoms. The third-order valence-corrected chi connectivity index (χ3v) is 3.25. The van der Waals surface area contributed by atoms with Gasteiger partial charge >= 0.3 is 5.97 Å². The largest absolute Gasteiger partial charge is 0.496 e. The average Bonchev–Trinajstić information content (AvgIpc) is 2.36. The number of rotatable bonds is 4. The van der Waals surface area contributed by atoms with Crippen LogP contribution in [0.1, 0.15) is 25.5 Å². The molecule has 0 amide bonds. The second kappa shape index (κ2) is 5.59. The zero-order chi connectivity index (χ0) is 13.9. The van der Waals surface area contributed by atoms with Crippen molar-refractivity contribution in [3.63, 3.8) is 0 Å². The van der Waals surface area contributed by atoms with Crippen LogP contribution < -0.4 is 10.5 Å². The topological polar surface area (TPSA) is 61.5 Å². The van der Waals surface area contributed by atoms with Crippen LogP contribution in [0, 0.1) is 5.41 Å². The molecule has 2 N–H and O–H groups in total. The van der Waals surface area contributed by atoms with Crippen LogP contribution in [0.2, 0.25) is 5.02 Å². The Balaban J connectivity index is 3.21. The first-order valence-corrected chi connectivity index (χ1v) is 5.89. The fourth-order valence-corrected chi connectivity index (χ4v) is 1.91. The van der Waals surface area contributed by atoms with E-state index in [0.29, 0.717) is 16.3 Å². The van der Waals surface area contributed by atoms with Crippen LogP contribution >= 0.6 is 11.6 Å². The van der Waals surface area contributed by atoms with Crippen molar-refractivity contribution in [3.8, 4) is 5.75 Å². The van der Waals surface area contributed by atoms with E-state index in [2.05, 4.69) is 0 Å². The van der Waals surface area contributed by atoms with E-state index in [0.717, 1.165) is 0 Å². The summed E-state index contributed by atoms with van der Waals surface area (Å²) in [6, 6.07) is 4.57. The van der Waals surface area contributed by atoms with E-state index in [4.69, 9.17) is 26.8 Å². The van der Waals surface area contributed by atoms with E-state index in [1.807, 2.05) is 0 Å². The molecular weight excluding hydrogens is 254 g/mol. The average molecular weight is 272 g/mol. The van der Waals surface area contributed by atoms with Crippen molar-refractivity contribution in [2.24, 2.45) is 11.1 Å². The summed E-state index contributed by atoms with van der Waals surface area (Å²) >= 11 is 5.95. The van der Waals surface area contributed by atoms with E-state index in [-0.39, 0.29) is 5.97 Å². The number of nitrogens with two attached hydrogens (primary N) is 1. The molecule has 18 heavy (non-hydrogen) atoms. The van der Waals surface area contributed by atoms with Gasteiger partial charge in [0.25, 0.3) is 0 Å². The lowest BCUT2D eigenvalue weighted by molar-refractivity contribution is -0.152. The fraction of sp³-hybridized carbons (Fsp3) is 0.462. The van der Waals surface area contributed by atoms with Crippen LogP contribution in [0.3, 0.4) is 0 Å². The summed E-state index contributed by atoms with van der Waals surface area (Å²) in [6.45, 7) is 3.45. The molecule has 0 saturated heterocycles. The highest BCUT2D eigenvalue weighted by atomic mass is 35.5. The van der Waals surface area contributed by atoms with Crippen LogP contribution in [-0.4, -0.2) is 20.2 Å². The van der Waals surface area contributed by atoms with Gasteiger partial charge < -0.3 is 15.2 Å². The van der Waals surface area contributed by atoms with Gasteiger partial charge in [-0.2, -0.15) is 0 Å². The maximum atomic E-state index is 11.8. The summed E-state index contributed by atoms with van der Waals surface area (Å²) in [4.78, 5) is 11.8. The highest BCUT2D eigenvalue weighted by Gasteiger charge is 2.38. The van der Waals surface area contributed by atoms with E-state index in [9.17, 15) is 4.79 Å². The molecule has 0 aliphatic carbocycles. The number of esters is 1. The summed E-state index contributed by atoms with van der Waals surface area (Å²) in [6.07, 6.45) is 0. The molecule has 100 valence electrons. The normalized spacial score (nSPS) is 13.0. The van der Waals surface area contributed by atoms with Crippen LogP contribution in [0.4, 0.5) is 0 Å². The van der Waals surface area contributed by atoms with Gasteiger partial charge in [-0.1, -0.05) is 11.6 Å². The molecule has 1 aromatic carbocycles. The second-order valence-electron chi connectivity index (χ2n) is 4.58. The Morgan fingerprint density at radius 2 is 2.00 bits per heavy atom. The molecule has 0 aromatic heterocycles. The number of methoxy groups -OCH3 is 2. The fourth-order valence-electron chi connectivity index (χ4n) is 1.73. The highest BCUT2D eigenvalue weighted by Crippen LogP contribution is 2.38. The standard InChI is InChI=1S/C13H18ClNO3/c1-13(2,12(16)18-4)11(15)9-7-8(14)5-6-10(9)17-3/h5-7,11H,15H2,1-4H3/t11-/m0/s1. The lowest BCUT2D eigenvalue weighted by Gasteiger charge is -2.29. The summed E-state index contributed by atoms with van der Waals surface area (Å²) in [5.74, 6) is 0.223. The number of benzene rings is 1. The minimum absolute atomic E-state index is 0.378. The van der Waals surface area contributed by atoms with E-state index in [1.165, 1.54) is 7.11 Å². The van der Waals surface area contributed by atoms with Crippen molar-refractivity contribution < 1.29 is 14.3 Å². The van der Waals surface area contributed by atoms with Crippen LogP contribution in [0.25, 0.3) is 0 Å². The van der Waals surface area contributed by atoms with Gasteiger partial charge in [0.05, 0.1) is 19.6 Å². The van der Waals surface area contributed by atoms with Crippen molar-refractivity contribution in [1.82, 2.24) is 0 Å². The predicted octanol–water partition coefficient (Wildman–Crippen LogP) is 2.55. The number of ether oxygens (including phenoxy) is 2. The van der Waals surface area contributed by atoms with Crippen molar-refractivity contribution in [2.75, 3.05) is 14.2 Å². The maximum absolute atomic E-state index is 11.8. The first-order chi connectivity index (χ1) is 8.34. The van der Waals surface area contributed by atoms with Crippen LogP contribution in [-0.2, 0) is 9.53 Å². The van der Waals surface area contributed by atoms with Crippen molar-refractivity contribution in [1.29, 1.82) is 0 Å². The quantitative estimate of drug-likeness (QED) is 0.855. The van der Waals surface area contributed by atoms with Gasteiger partial charge in [0.2, 0.25) is 0 Å².